The van der Waals surface area contributed by atoms with Gasteiger partial charge in [-0.1, -0.05) is 35.3 Å². The number of benzene rings is 2. The van der Waals surface area contributed by atoms with Crippen LogP contribution < -0.4 is 10.1 Å². The zero-order chi connectivity index (χ0) is 16.2. The molecule has 3 rings (SSSR count). The number of nitrogens with one attached hydrogen (secondary N) is 1. The molecule has 2 aromatic carbocycles. The largest absolute Gasteiger partial charge is 0.455 e. The van der Waals surface area contributed by atoms with Crippen LogP contribution in [0, 0.1) is 0 Å². The van der Waals surface area contributed by atoms with E-state index in [1.165, 1.54) is 11.1 Å². The SMILES string of the molecule is CNCc1cc(-c2ccsc2)ccc1Oc1cccc(Cl)c1Cl. The van der Waals surface area contributed by atoms with Crippen LogP contribution in [-0.2, 0) is 6.54 Å². The van der Waals surface area contributed by atoms with Gasteiger partial charge in [0.25, 0.3) is 0 Å². The first-order chi connectivity index (χ1) is 11.2. The molecule has 0 aliphatic heterocycles. The molecule has 0 unspecified atom stereocenters. The maximum Gasteiger partial charge on any atom is 0.147 e. The Morgan fingerprint density at radius 1 is 1.04 bits per heavy atom. The lowest BCUT2D eigenvalue weighted by Gasteiger charge is -2.14. The van der Waals surface area contributed by atoms with Crippen molar-refractivity contribution in [3.8, 4) is 22.6 Å². The molecule has 1 N–H and O–H groups in total. The molecule has 23 heavy (non-hydrogen) atoms. The first-order valence-corrected chi connectivity index (χ1v) is 8.81. The maximum atomic E-state index is 6.21. The van der Waals surface area contributed by atoms with Gasteiger partial charge in [0.05, 0.1) is 5.02 Å². The number of thiophene rings is 1. The topological polar surface area (TPSA) is 21.3 Å². The molecule has 0 aliphatic rings. The highest BCUT2D eigenvalue weighted by molar-refractivity contribution is 7.08. The summed E-state index contributed by atoms with van der Waals surface area (Å²) in [6.45, 7) is 0.700. The molecule has 5 heteroatoms. The Balaban J connectivity index is 1.96. The van der Waals surface area contributed by atoms with Crippen molar-refractivity contribution in [2.75, 3.05) is 7.05 Å². The number of halogens is 2. The second kappa shape index (κ2) is 7.37. The van der Waals surface area contributed by atoms with Crippen LogP contribution in [0.25, 0.3) is 11.1 Å². The molecule has 1 aromatic heterocycles. The molecule has 2 nitrogen and oxygen atoms in total. The van der Waals surface area contributed by atoms with Gasteiger partial charge in [-0.05, 0) is 59.3 Å². The van der Waals surface area contributed by atoms with E-state index in [0.717, 1.165) is 11.3 Å². The lowest BCUT2D eigenvalue weighted by Crippen LogP contribution is -2.06. The van der Waals surface area contributed by atoms with E-state index in [0.29, 0.717) is 22.3 Å². The summed E-state index contributed by atoms with van der Waals surface area (Å²) in [6, 6.07) is 13.6. The Morgan fingerprint density at radius 3 is 2.65 bits per heavy atom. The van der Waals surface area contributed by atoms with Gasteiger partial charge in [-0.15, -0.1) is 0 Å². The summed E-state index contributed by atoms with van der Waals surface area (Å²) >= 11 is 13.9. The molecule has 0 fully saturated rings. The van der Waals surface area contributed by atoms with Gasteiger partial charge in [0, 0.05) is 12.1 Å². The van der Waals surface area contributed by atoms with Crippen molar-refractivity contribution in [3.63, 3.8) is 0 Å². The molecule has 0 spiro atoms. The standard InChI is InChI=1S/C18H15Cl2NOS/c1-21-10-14-9-12(13-7-8-23-11-13)5-6-16(14)22-17-4-2-3-15(19)18(17)20/h2-9,11,21H,10H2,1H3. The minimum Gasteiger partial charge on any atom is -0.455 e. The van der Waals surface area contributed by atoms with Crippen molar-refractivity contribution in [1.29, 1.82) is 0 Å². The number of rotatable bonds is 5. The molecule has 0 saturated carbocycles. The van der Waals surface area contributed by atoms with Gasteiger partial charge in [-0.3, -0.25) is 0 Å². The summed E-state index contributed by atoms with van der Waals surface area (Å²) in [5.74, 6) is 1.32. The van der Waals surface area contributed by atoms with Crippen molar-refractivity contribution in [2.24, 2.45) is 0 Å². The summed E-state index contributed by atoms with van der Waals surface area (Å²) < 4.78 is 5.99. The highest BCUT2D eigenvalue weighted by atomic mass is 35.5. The summed E-state index contributed by atoms with van der Waals surface area (Å²) in [5.41, 5.74) is 3.44. The number of hydrogen-bond donors (Lipinski definition) is 1. The summed E-state index contributed by atoms with van der Waals surface area (Å²) in [7, 11) is 1.91. The van der Waals surface area contributed by atoms with Gasteiger partial charge in [-0.2, -0.15) is 11.3 Å². The first kappa shape index (κ1) is 16.3. The predicted octanol–water partition coefficient (Wildman–Crippen LogP) is 6.23. The van der Waals surface area contributed by atoms with E-state index in [9.17, 15) is 0 Å². The Labute approximate surface area is 149 Å². The predicted molar refractivity (Wildman–Crippen MR) is 99.1 cm³/mol. The van der Waals surface area contributed by atoms with Crippen LogP contribution in [0.3, 0.4) is 0 Å². The van der Waals surface area contributed by atoms with E-state index in [1.54, 1.807) is 17.4 Å². The highest BCUT2D eigenvalue weighted by Crippen LogP contribution is 2.37. The lowest BCUT2D eigenvalue weighted by atomic mass is 10.0. The second-order valence-corrected chi connectivity index (χ2v) is 6.58. The molecule has 0 bridgehead atoms. The van der Waals surface area contributed by atoms with Crippen LogP contribution in [0.5, 0.6) is 11.5 Å². The molecule has 0 radical (unpaired) electrons. The van der Waals surface area contributed by atoms with E-state index in [1.807, 2.05) is 25.2 Å². The van der Waals surface area contributed by atoms with Crippen LogP contribution in [0.2, 0.25) is 10.0 Å². The van der Waals surface area contributed by atoms with E-state index in [2.05, 4.69) is 34.3 Å². The van der Waals surface area contributed by atoms with E-state index in [4.69, 9.17) is 27.9 Å². The molecule has 0 aliphatic carbocycles. The monoisotopic (exact) mass is 363 g/mol. The Hall–Kier alpha value is -1.52. The van der Waals surface area contributed by atoms with Crippen molar-refractivity contribution in [2.45, 2.75) is 6.54 Å². The van der Waals surface area contributed by atoms with E-state index < -0.39 is 0 Å². The Morgan fingerprint density at radius 2 is 1.91 bits per heavy atom. The number of ether oxygens (including phenoxy) is 1. The molecule has 0 amide bonds. The average molecular weight is 364 g/mol. The highest BCUT2D eigenvalue weighted by Gasteiger charge is 2.11. The van der Waals surface area contributed by atoms with Crippen LogP contribution in [0.4, 0.5) is 0 Å². The zero-order valence-electron chi connectivity index (χ0n) is 12.5. The molecule has 118 valence electrons. The van der Waals surface area contributed by atoms with Crippen LogP contribution in [0.1, 0.15) is 5.56 Å². The quantitative estimate of drug-likeness (QED) is 0.579. The molecular formula is C18H15Cl2NOS. The molecule has 0 atom stereocenters. The van der Waals surface area contributed by atoms with Crippen LogP contribution >= 0.6 is 34.5 Å². The van der Waals surface area contributed by atoms with Gasteiger partial charge < -0.3 is 10.1 Å². The minimum absolute atomic E-state index is 0.423. The van der Waals surface area contributed by atoms with Gasteiger partial charge >= 0.3 is 0 Å². The average Bonchev–Trinajstić information content (AvgIpc) is 3.08. The van der Waals surface area contributed by atoms with Crippen molar-refractivity contribution in [3.05, 3.63) is 68.8 Å². The maximum absolute atomic E-state index is 6.21. The number of hydrogen-bond acceptors (Lipinski definition) is 3. The Kier molecular flexibility index (Phi) is 5.23. The molecule has 0 saturated heterocycles. The lowest BCUT2D eigenvalue weighted by molar-refractivity contribution is 0.474. The van der Waals surface area contributed by atoms with E-state index >= 15 is 0 Å². The fourth-order valence-corrected chi connectivity index (χ4v) is 3.29. The summed E-state index contributed by atoms with van der Waals surface area (Å²) in [4.78, 5) is 0. The third kappa shape index (κ3) is 3.70. The third-order valence-corrected chi connectivity index (χ3v) is 4.90. The Bertz CT molecular complexity index is 803. The van der Waals surface area contributed by atoms with Crippen LogP contribution in [-0.4, -0.2) is 7.05 Å². The molecule has 1 heterocycles. The fourth-order valence-electron chi connectivity index (χ4n) is 2.30. The smallest absolute Gasteiger partial charge is 0.147 e. The van der Waals surface area contributed by atoms with Crippen molar-refractivity contribution in [1.82, 2.24) is 5.32 Å². The fraction of sp³-hybridized carbons (Fsp3) is 0.111. The van der Waals surface area contributed by atoms with Gasteiger partial charge in [0.1, 0.15) is 16.5 Å². The van der Waals surface area contributed by atoms with Crippen LogP contribution in [0.15, 0.2) is 53.2 Å². The van der Waals surface area contributed by atoms with E-state index in [-0.39, 0.29) is 0 Å². The normalized spacial score (nSPS) is 10.7. The van der Waals surface area contributed by atoms with Gasteiger partial charge in [0.15, 0.2) is 0 Å². The summed E-state index contributed by atoms with van der Waals surface area (Å²) in [5, 5.41) is 8.28. The molecule has 3 aromatic rings. The molecular weight excluding hydrogens is 349 g/mol. The minimum atomic E-state index is 0.423. The third-order valence-electron chi connectivity index (χ3n) is 3.42. The zero-order valence-corrected chi connectivity index (χ0v) is 14.8. The first-order valence-electron chi connectivity index (χ1n) is 7.11. The summed E-state index contributed by atoms with van der Waals surface area (Å²) in [6.07, 6.45) is 0. The van der Waals surface area contributed by atoms with Gasteiger partial charge in [0.2, 0.25) is 0 Å². The van der Waals surface area contributed by atoms with Crippen molar-refractivity contribution >= 4 is 34.5 Å². The van der Waals surface area contributed by atoms with Crippen molar-refractivity contribution < 1.29 is 4.74 Å². The second-order valence-electron chi connectivity index (χ2n) is 5.02. The van der Waals surface area contributed by atoms with Gasteiger partial charge in [-0.25, -0.2) is 0 Å².